The molecule has 0 aliphatic carbocycles. The molecule has 3 heteroatoms. The van der Waals surface area contributed by atoms with Crippen LogP contribution in [0.1, 0.15) is 11.1 Å². The standard InChI is InChI=1S/C14H15N3/c1-10-6-2-4-8-12(10)17-13-9-5-3-7-11(13)14(15)16/h2-9,17H,1H3,(H3,15,16). The van der Waals surface area contributed by atoms with Crippen molar-refractivity contribution in [1.82, 2.24) is 0 Å². The van der Waals surface area contributed by atoms with Gasteiger partial charge >= 0.3 is 0 Å². The Morgan fingerprint density at radius 3 is 2.24 bits per heavy atom. The summed E-state index contributed by atoms with van der Waals surface area (Å²) < 4.78 is 0. The topological polar surface area (TPSA) is 61.9 Å². The molecule has 86 valence electrons. The van der Waals surface area contributed by atoms with E-state index in [1.54, 1.807) is 0 Å². The Kier molecular flexibility index (Phi) is 3.10. The third-order valence-corrected chi connectivity index (χ3v) is 2.63. The smallest absolute Gasteiger partial charge is 0.124 e. The summed E-state index contributed by atoms with van der Waals surface area (Å²) in [6.45, 7) is 2.04. The van der Waals surface area contributed by atoms with Crippen LogP contribution < -0.4 is 11.1 Å². The molecule has 0 spiro atoms. The number of nitrogens with two attached hydrogens (primary N) is 1. The van der Waals surface area contributed by atoms with Crippen molar-refractivity contribution in [1.29, 1.82) is 5.41 Å². The average Bonchev–Trinajstić information content (AvgIpc) is 2.32. The molecule has 0 bridgehead atoms. The van der Waals surface area contributed by atoms with Gasteiger partial charge in [-0.2, -0.15) is 0 Å². The second-order valence-corrected chi connectivity index (χ2v) is 3.90. The lowest BCUT2D eigenvalue weighted by Gasteiger charge is -2.12. The van der Waals surface area contributed by atoms with Crippen LogP contribution in [-0.2, 0) is 0 Å². The van der Waals surface area contributed by atoms with E-state index >= 15 is 0 Å². The maximum atomic E-state index is 7.53. The molecular formula is C14H15N3. The molecular weight excluding hydrogens is 210 g/mol. The van der Waals surface area contributed by atoms with Crippen LogP contribution in [0.2, 0.25) is 0 Å². The molecule has 4 N–H and O–H groups in total. The minimum absolute atomic E-state index is 0.0710. The molecule has 0 saturated heterocycles. The van der Waals surface area contributed by atoms with Crippen molar-refractivity contribution < 1.29 is 0 Å². The van der Waals surface area contributed by atoms with Crippen molar-refractivity contribution in [3.05, 3.63) is 59.7 Å². The number of nitrogens with one attached hydrogen (secondary N) is 2. The van der Waals surface area contributed by atoms with E-state index in [-0.39, 0.29) is 5.84 Å². The lowest BCUT2D eigenvalue weighted by Crippen LogP contribution is -2.13. The number of amidine groups is 1. The Morgan fingerprint density at radius 1 is 1.00 bits per heavy atom. The minimum Gasteiger partial charge on any atom is -0.384 e. The van der Waals surface area contributed by atoms with Crippen LogP contribution >= 0.6 is 0 Å². The van der Waals surface area contributed by atoms with Gasteiger partial charge in [-0.1, -0.05) is 30.3 Å². The van der Waals surface area contributed by atoms with Crippen LogP contribution in [0.5, 0.6) is 0 Å². The third kappa shape index (κ3) is 2.45. The van der Waals surface area contributed by atoms with Crippen LogP contribution in [0, 0.1) is 12.3 Å². The quantitative estimate of drug-likeness (QED) is 0.555. The fourth-order valence-corrected chi connectivity index (χ4v) is 1.69. The molecule has 0 amide bonds. The van der Waals surface area contributed by atoms with E-state index in [4.69, 9.17) is 11.1 Å². The van der Waals surface area contributed by atoms with Gasteiger partial charge in [0, 0.05) is 16.9 Å². The van der Waals surface area contributed by atoms with Crippen molar-refractivity contribution in [3.8, 4) is 0 Å². The highest BCUT2D eigenvalue weighted by molar-refractivity contribution is 6.00. The van der Waals surface area contributed by atoms with E-state index in [1.165, 1.54) is 0 Å². The van der Waals surface area contributed by atoms with Gasteiger partial charge in [0.2, 0.25) is 0 Å². The Hall–Kier alpha value is -2.29. The summed E-state index contributed by atoms with van der Waals surface area (Å²) >= 11 is 0. The number of hydrogen-bond donors (Lipinski definition) is 3. The summed E-state index contributed by atoms with van der Waals surface area (Å²) in [5.41, 5.74) is 9.31. The predicted octanol–water partition coefficient (Wildman–Crippen LogP) is 3.02. The summed E-state index contributed by atoms with van der Waals surface area (Å²) in [5, 5.41) is 10.8. The van der Waals surface area contributed by atoms with E-state index in [0.717, 1.165) is 22.5 Å². The first kappa shape index (κ1) is 11.2. The third-order valence-electron chi connectivity index (χ3n) is 2.63. The summed E-state index contributed by atoms with van der Waals surface area (Å²) in [6, 6.07) is 15.6. The molecule has 0 aromatic heterocycles. The van der Waals surface area contributed by atoms with E-state index in [0.29, 0.717) is 0 Å². The monoisotopic (exact) mass is 225 g/mol. The van der Waals surface area contributed by atoms with Crippen molar-refractivity contribution in [2.75, 3.05) is 5.32 Å². The number of hydrogen-bond acceptors (Lipinski definition) is 2. The summed E-state index contributed by atoms with van der Waals surface area (Å²) in [4.78, 5) is 0. The highest BCUT2D eigenvalue weighted by atomic mass is 14.9. The Morgan fingerprint density at radius 2 is 1.59 bits per heavy atom. The largest absolute Gasteiger partial charge is 0.384 e. The second-order valence-electron chi connectivity index (χ2n) is 3.90. The van der Waals surface area contributed by atoms with Crippen molar-refractivity contribution in [2.24, 2.45) is 5.73 Å². The SMILES string of the molecule is Cc1ccccc1Nc1ccccc1C(=N)N. The number of aryl methyl sites for hydroxylation is 1. The van der Waals surface area contributed by atoms with Gasteiger partial charge in [0.1, 0.15) is 5.84 Å². The molecule has 3 nitrogen and oxygen atoms in total. The fraction of sp³-hybridized carbons (Fsp3) is 0.0714. The van der Waals surface area contributed by atoms with Crippen LogP contribution in [0.3, 0.4) is 0 Å². The van der Waals surface area contributed by atoms with Gasteiger partial charge in [0.15, 0.2) is 0 Å². The minimum atomic E-state index is 0.0710. The van der Waals surface area contributed by atoms with Gasteiger partial charge < -0.3 is 11.1 Å². The Labute approximate surface area is 101 Å². The second kappa shape index (κ2) is 4.70. The number of benzene rings is 2. The van der Waals surface area contributed by atoms with Gasteiger partial charge in [-0.3, -0.25) is 5.41 Å². The van der Waals surface area contributed by atoms with Crippen molar-refractivity contribution in [3.63, 3.8) is 0 Å². The van der Waals surface area contributed by atoms with E-state index in [9.17, 15) is 0 Å². The van der Waals surface area contributed by atoms with Crippen LogP contribution in [0.4, 0.5) is 11.4 Å². The normalized spacial score (nSPS) is 9.94. The fourth-order valence-electron chi connectivity index (χ4n) is 1.69. The number of para-hydroxylation sites is 2. The lowest BCUT2D eigenvalue weighted by molar-refractivity contribution is 1.39. The molecule has 0 saturated carbocycles. The van der Waals surface area contributed by atoms with Crippen molar-refractivity contribution in [2.45, 2.75) is 6.92 Å². The molecule has 0 fully saturated rings. The zero-order valence-corrected chi connectivity index (χ0v) is 9.70. The zero-order valence-electron chi connectivity index (χ0n) is 9.70. The highest BCUT2D eigenvalue weighted by Gasteiger charge is 2.05. The molecule has 2 rings (SSSR count). The van der Waals surface area contributed by atoms with Crippen LogP contribution in [0.15, 0.2) is 48.5 Å². The predicted molar refractivity (Wildman–Crippen MR) is 71.9 cm³/mol. The van der Waals surface area contributed by atoms with Crippen LogP contribution in [-0.4, -0.2) is 5.84 Å². The lowest BCUT2D eigenvalue weighted by atomic mass is 10.1. The number of nitrogen functional groups attached to an aromatic ring is 1. The Balaban J connectivity index is 2.37. The number of rotatable bonds is 3. The molecule has 0 aliphatic heterocycles. The van der Waals surface area contributed by atoms with E-state index in [2.05, 4.69) is 5.32 Å². The van der Waals surface area contributed by atoms with E-state index < -0.39 is 0 Å². The van der Waals surface area contributed by atoms with Gasteiger partial charge in [0.25, 0.3) is 0 Å². The van der Waals surface area contributed by atoms with Crippen LogP contribution in [0.25, 0.3) is 0 Å². The molecule has 0 heterocycles. The molecule has 0 atom stereocenters. The highest BCUT2D eigenvalue weighted by Crippen LogP contribution is 2.22. The summed E-state index contributed by atoms with van der Waals surface area (Å²) in [5.74, 6) is 0.0710. The molecule has 0 radical (unpaired) electrons. The molecule has 2 aromatic rings. The number of anilines is 2. The molecule has 17 heavy (non-hydrogen) atoms. The van der Waals surface area contributed by atoms with Crippen molar-refractivity contribution >= 4 is 17.2 Å². The molecule has 0 unspecified atom stereocenters. The van der Waals surface area contributed by atoms with Gasteiger partial charge in [-0.15, -0.1) is 0 Å². The molecule has 0 aliphatic rings. The zero-order chi connectivity index (χ0) is 12.3. The van der Waals surface area contributed by atoms with Gasteiger partial charge in [-0.05, 0) is 30.7 Å². The average molecular weight is 225 g/mol. The molecule has 2 aromatic carbocycles. The van der Waals surface area contributed by atoms with Gasteiger partial charge in [0.05, 0.1) is 0 Å². The summed E-state index contributed by atoms with van der Waals surface area (Å²) in [6.07, 6.45) is 0. The first-order chi connectivity index (χ1) is 8.18. The van der Waals surface area contributed by atoms with Gasteiger partial charge in [-0.25, -0.2) is 0 Å². The first-order valence-electron chi connectivity index (χ1n) is 5.44. The maximum absolute atomic E-state index is 7.53. The maximum Gasteiger partial charge on any atom is 0.124 e. The first-order valence-corrected chi connectivity index (χ1v) is 5.44. The van der Waals surface area contributed by atoms with E-state index in [1.807, 2.05) is 55.5 Å². The Bertz CT molecular complexity index is 547. The summed E-state index contributed by atoms with van der Waals surface area (Å²) in [7, 11) is 0.